The molecule has 2 aliphatic rings. The first-order valence-electron chi connectivity index (χ1n) is 8.44. The van der Waals surface area contributed by atoms with Crippen molar-refractivity contribution in [2.75, 3.05) is 33.4 Å². The third-order valence-electron chi connectivity index (χ3n) is 4.78. The van der Waals surface area contributed by atoms with Gasteiger partial charge in [0.1, 0.15) is 6.10 Å². The van der Waals surface area contributed by atoms with Crippen LogP contribution in [0, 0.1) is 5.92 Å². The molecule has 2 heterocycles. The van der Waals surface area contributed by atoms with Crippen molar-refractivity contribution in [2.45, 2.75) is 31.6 Å². The Hall–Kier alpha value is -1.43. The average molecular weight is 318 g/mol. The summed E-state index contributed by atoms with van der Waals surface area (Å²) in [5.41, 5.74) is 1.33. The van der Waals surface area contributed by atoms with Crippen LogP contribution in [0.1, 0.15) is 18.4 Å². The topological polar surface area (TPSA) is 50.8 Å². The lowest BCUT2D eigenvalue weighted by atomic mass is 9.91. The van der Waals surface area contributed by atoms with Gasteiger partial charge < -0.3 is 14.8 Å². The summed E-state index contributed by atoms with van der Waals surface area (Å²) in [6.45, 7) is 4.04. The van der Waals surface area contributed by atoms with Gasteiger partial charge in [0, 0.05) is 26.7 Å². The summed E-state index contributed by atoms with van der Waals surface area (Å²) in [5.74, 6) is 0.520. The molecule has 0 aromatic heterocycles. The molecule has 0 aliphatic carbocycles. The van der Waals surface area contributed by atoms with E-state index in [1.165, 1.54) is 5.56 Å². The van der Waals surface area contributed by atoms with Crippen molar-refractivity contribution in [2.24, 2.45) is 5.92 Å². The van der Waals surface area contributed by atoms with Gasteiger partial charge in [-0.15, -0.1) is 0 Å². The summed E-state index contributed by atoms with van der Waals surface area (Å²) in [7, 11) is 1.63. The highest BCUT2D eigenvalue weighted by Crippen LogP contribution is 2.33. The molecule has 1 aromatic rings. The molecular formula is C18H26N2O3. The van der Waals surface area contributed by atoms with Crippen LogP contribution in [-0.2, 0) is 20.8 Å². The average Bonchev–Trinajstić information content (AvgIpc) is 2.99. The lowest BCUT2D eigenvalue weighted by Crippen LogP contribution is -2.42. The second kappa shape index (κ2) is 7.90. The van der Waals surface area contributed by atoms with Crippen LogP contribution in [-0.4, -0.2) is 56.4 Å². The van der Waals surface area contributed by atoms with Crippen LogP contribution in [0.4, 0.5) is 0 Å². The summed E-state index contributed by atoms with van der Waals surface area (Å²) in [6, 6.07) is 10.5. The maximum atomic E-state index is 12.1. The van der Waals surface area contributed by atoms with E-state index in [1.807, 2.05) is 6.07 Å². The summed E-state index contributed by atoms with van der Waals surface area (Å²) >= 11 is 0. The number of nitrogens with zero attached hydrogens (tertiary/aromatic N) is 1. The number of piperidine rings is 1. The first kappa shape index (κ1) is 16.4. The van der Waals surface area contributed by atoms with Crippen molar-refractivity contribution in [1.82, 2.24) is 10.2 Å². The van der Waals surface area contributed by atoms with E-state index in [0.29, 0.717) is 19.1 Å². The first-order chi connectivity index (χ1) is 11.3. The standard InChI is InChI=1S/C18H26N2O3/c1-22-10-8-19-18(21)16-11-15-7-9-20(13-17(15)23-16)12-14-5-3-2-4-6-14/h2-6,15-17H,7-13H2,1H3,(H,19,21)/t15-,16+,17+/m1/s1. The molecule has 0 bridgehead atoms. The van der Waals surface area contributed by atoms with E-state index in [2.05, 4.69) is 34.5 Å². The lowest BCUT2D eigenvalue weighted by Gasteiger charge is -2.34. The van der Waals surface area contributed by atoms with Gasteiger partial charge >= 0.3 is 0 Å². The van der Waals surface area contributed by atoms with Gasteiger partial charge in [0.25, 0.3) is 0 Å². The zero-order valence-corrected chi connectivity index (χ0v) is 13.7. The zero-order valence-electron chi connectivity index (χ0n) is 13.7. The highest BCUT2D eigenvalue weighted by atomic mass is 16.5. The fourth-order valence-electron chi connectivity index (χ4n) is 3.54. The second-order valence-electron chi connectivity index (χ2n) is 6.45. The summed E-state index contributed by atoms with van der Waals surface area (Å²) in [5, 5.41) is 2.88. The minimum absolute atomic E-state index is 0.00561. The summed E-state index contributed by atoms with van der Waals surface area (Å²) in [4.78, 5) is 14.6. The predicted octanol–water partition coefficient (Wildman–Crippen LogP) is 1.43. The Morgan fingerprint density at radius 3 is 3.00 bits per heavy atom. The lowest BCUT2D eigenvalue weighted by molar-refractivity contribution is -0.133. The zero-order chi connectivity index (χ0) is 16.1. The molecule has 0 unspecified atom stereocenters. The van der Waals surface area contributed by atoms with E-state index in [-0.39, 0.29) is 18.1 Å². The Morgan fingerprint density at radius 1 is 1.39 bits per heavy atom. The highest BCUT2D eigenvalue weighted by molar-refractivity contribution is 5.81. The molecule has 3 rings (SSSR count). The number of likely N-dealkylation sites (tertiary alicyclic amines) is 1. The number of fused-ring (bicyclic) bond motifs is 1. The molecule has 0 saturated carbocycles. The molecule has 2 saturated heterocycles. The van der Waals surface area contributed by atoms with E-state index >= 15 is 0 Å². The largest absolute Gasteiger partial charge is 0.383 e. The molecule has 3 atom stereocenters. The number of nitrogens with one attached hydrogen (secondary N) is 1. The van der Waals surface area contributed by atoms with Crippen molar-refractivity contribution in [1.29, 1.82) is 0 Å². The first-order valence-corrected chi connectivity index (χ1v) is 8.44. The fraction of sp³-hybridized carbons (Fsp3) is 0.611. The third kappa shape index (κ3) is 4.31. The molecule has 126 valence electrons. The SMILES string of the molecule is COCCNC(=O)[C@@H]1C[C@H]2CCN(Cc3ccccc3)C[C@@H]2O1. The monoisotopic (exact) mass is 318 g/mol. The smallest absolute Gasteiger partial charge is 0.249 e. The molecule has 0 spiro atoms. The van der Waals surface area contributed by atoms with Crippen molar-refractivity contribution >= 4 is 5.91 Å². The Labute approximate surface area is 137 Å². The van der Waals surface area contributed by atoms with Crippen molar-refractivity contribution in [3.05, 3.63) is 35.9 Å². The Kier molecular flexibility index (Phi) is 5.65. The number of carbonyl (C=O) groups excluding carboxylic acids is 1. The summed E-state index contributed by atoms with van der Waals surface area (Å²) < 4.78 is 11.0. The van der Waals surface area contributed by atoms with Gasteiger partial charge in [0.15, 0.2) is 0 Å². The fourth-order valence-corrected chi connectivity index (χ4v) is 3.54. The van der Waals surface area contributed by atoms with Crippen LogP contribution in [0.15, 0.2) is 30.3 Å². The molecule has 5 nitrogen and oxygen atoms in total. The highest BCUT2D eigenvalue weighted by Gasteiger charge is 2.41. The number of amides is 1. The number of benzene rings is 1. The van der Waals surface area contributed by atoms with Crippen LogP contribution in [0.2, 0.25) is 0 Å². The van der Waals surface area contributed by atoms with Crippen molar-refractivity contribution < 1.29 is 14.3 Å². The van der Waals surface area contributed by atoms with Crippen LogP contribution < -0.4 is 5.32 Å². The maximum absolute atomic E-state index is 12.1. The van der Waals surface area contributed by atoms with Gasteiger partial charge in [-0.1, -0.05) is 30.3 Å². The quantitative estimate of drug-likeness (QED) is 0.806. The van der Waals surface area contributed by atoms with Gasteiger partial charge in [0.2, 0.25) is 5.91 Å². The third-order valence-corrected chi connectivity index (χ3v) is 4.78. The van der Waals surface area contributed by atoms with E-state index < -0.39 is 0 Å². The molecule has 2 aliphatic heterocycles. The van der Waals surface area contributed by atoms with Gasteiger partial charge in [-0.3, -0.25) is 9.69 Å². The van der Waals surface area contributed by atoms with Gasteiger partial charge in [-0.2, -0.15) is 0 Å². The van der Waals surface area contributed by atoms with Gasteiger partial charge in [-0.05, 0) is 30.9 Å². The van der Waals surface area contributed by atoms with Crippen molar-refractivity contribution in [3.8, 4) is 0 Å². The van der Waals surface area contributed by atoms with Crippen LogP contribution in [0.5, 0.6) is 0 Å². The number of methoxy groups -OCH3 is 1. The number of hydrogen-bond donors (Lipinski definition) is 1. The normalized spacial score (nSPS) is 27.6. The van der Waals surface area contributed by atoms with Crippen molar-refractivity contribution in [3.63, 3.8) is 0 Å². The molecule has 1 aromatic carbocycles. The van der Waals surface area contributed by atoms with Crippen LogP contribution in [0.3, 0.4) is 0 Å². The number of ether oxygens (including phenoxy) is 2. The maximum Gasteiger partial charge on any atom is 0.249 e. The summed E-state index contributed by atoms with van der Waals surface area (Å²) in [6.07, 6.45) is 1.85. The Morgan fingerprint density at radius 2 is 2.22 bits per heavy atom. The Bertz CT molecular complexity index is 508. The van der Waals surface area contributed by atoms with Gasteiger partial charge in [-0.25, -0.2) is 0 Å². The minimum Gasteiger partial charge on any atom is -0.383 e. The predicted molar refractivity (Wildman–Crippen MR) is 88.0 cm³/mol. The molecule has 1 N–H and O–H groups in total. The number of rotatable bonds is 6. The van der Waals surface area contributed by atoms with Gasteiger partial charge in [0.05, 0.1) is 12.7 Å². The molecule has 23 heavy (non-hydrogen) atoms. The van der Waals surface area contributed by atoms with E-state index in [4.69, 9.17) is 9.47 Å². The van der Waals surface area contributed by atoms with E-state index in [9.17, 15) is 4.79 Å². The van der Waals surface area contributed by atoms with E-state index in [1.54, 1.807) is 7.11 Å². The van der Waals surface area contributed by atoms with Crippen LogP contribution >= 0.6 is 0 Å². The molecule has 2 fully saturated rings. The molecule has 5 heteroatoms. The molecule has 0 radical (unpaired) electrons. The number of carbonyl (C=O) groups is 1. The van der Waals surface area contributed by atoms with E-state index in [0.717, 1.165) is 32.5 Å². The minimum atomic E-state index is -0.293. The van der Waals surface area contributed by atoms with Crippen LogP contribution in [0.25, 0.3) is 0 Å². The molecular weight excluding hydrogens is 292 g/mol. The number of hydrogen-bond acceptors (Lipinski definition) is 4. The Balaban J connectivity index is 1.48. The second-order valence-corrected chi connectivity index (χ2v) is 6.45. The molecule has 1 amide bonds.